The Kier molecular flexibility index (Phi) is 6.21. The molecule has 2 fully saturated rings. The van der Waals surface area contributed by atoms with Crippen LogP contribution < -0.4 is 19.3 Å². The van der Waals surface area contributed by atoms with Gasteiger partial charge in [0, 0.05) is 31.6 Å². The number of carbonyl (C=O) groups excluding carboxylic acids is 1. The molecule has 2 unspecified atom stereocenters. The van der Waals surface area contributed by atoms with Crippen molar-refractivity contribution in [1.29, 1.82) is 0 Å². The Balaban J connectivity index is 1.27. The molecular formula is C30H40N8O3S. The SMILES string of the molecule is C=CC(=O)N1CCN(c2nc(OCC3CCCN3C)nc3c2OCC(c2c(C)ccc4[nH]ncc24)N3C)C[SH]12(C)C=C2. The lowest BCUT2D eigenvalue weighted by Crippen LogP contribution is -2.51. The van der Waals surface area contributed by atoms with Gasteiger partial charge in [0.25, 0.3) is 5.91 Å². The van der Waals surface area contributed by atoms with E-state index in [1.807, 2.05) is 10.5 Å². The molecule has 224 valence electrons. The van der Waals surface area contributed by atoms with Crippen molar-refractivity contribution in [3.05, 3.63) is 52.9 Å². The summed E-state index contributed by atoms with van der Waals surface area (Å²) in [5.41, 5.74) is 3.34. The van der Waals surface area contributed by atoms with Gasteiger partial charge in [-0.3, -0.25) is 9.89 Å². The molecule has 7 rings (SSSR count). The van der Waals surface area contributed by atoms with E-state index in [-0.39, 0.29) is 11.9 Å². The maximum absolute atomic E-state index is 12.8. The molecule has 0 bridgehead atoms. The Morgan fingerprint density at radius 1 is 1.21 bits per heavy atom. The Bertz CT molecular complexity index is 1620. The number of carbonyl (C=O) groups is 1. The fraction of sp³-hybridized carbons (Fsp3) is 0.467. The zero-order valence-electron chi connectivity index (χ0n) is 24.8. The number of likely N-dealkylation sites (tertiary alicyclic amines) is 1. The number of aryl methyl sites for hydroxylation is 1. The number of likely N-dealkylation sites (N-methyl/N-ethyl adjacent to an activating group) is 2. The Hall–Kier alpha value is -3.77. The van der Waals surface area contributed by atoms with E-state index in [4.69, 9.17) is 19.4 Å². The number of nitrogens with one attached hydrogen (secondary N) is 1. The van der Waals surface area contributed by atoms with Crippen molar-refractivity contribution in [3.8, 4) is 11.8 Å². The molecule has 0 saturated carbocycles. The average Bonchev–Trinajstić information content (AvgIpc) is 3.28. The van der Waals surface area contributed by atoms with Gasteiger partial charge in [-0.2, -0.15) is 24.4 Å². The molecular weight excluding hydrogens is 552 g/mol. The fourth-order valence-corrected chi connectivity index (χ4v) is 11.2. The fourth-order valence-electron chi connectivity index (χ4n) is 6.87. The summed E-state index contributed by atoms with van der Waals surface area (Å²) in [6.07, 6.45) is 7.80. The highest BCUT2D eigenvalue weighted by molar-refractivity contribution is 8.56. The summed E-state index contributed by atoms with van der Waals surface area (Å²) in [5.74, 6) is 2.76. The average molecular weight is 593 g/mol. The normalized spacial score (nSPS) is 25.1. The maximum atomic E-state index is 12.8. The van der Waals surface area contributed by atoms with E-state index in [9.17, 15) is 4.79 Å². The van der Waals surface area contributed by atoms with Crippen LogP contribution in [0.2, 0.25) is 0 Å². The monoisotopic (exact) mass is 592 g/mol. The van der Waals surface area contributed by atoms with Gasteiger partial charge < -0.3 is 28.5 Å². The minimum Gasteiger partial charge on any atom is -0.484 e. The second kappa shape index (κ2) is 9.63. The standard InChI is InChI=1S/C30H40N8O3S/c1-6-25(39)38-13-12-37(19-42(38,5)14-15-42)29-27-28(32-30(33-29)41-17-21-8-7-11-35(21)3)36(4)24(18-40-27)26-20(2)9-10-23-22(26)16-31-34-23/h6,9-10,14-16,21,24,42H,1,7-8,11-13,17-19H2,2-5H3,(H,31,34). The molecule has 2 saturated heterocycles. The predicted octanol–water partition coefficient (Wildman–Crippen LogP) is 3.60. The van der Waals surface area contributed by atoms with E-state index in [0.717, 1.165) is 29.7 Å². The molecule has 4 aliphatic rings. The van der Waals surface area contributed by atoms with Crippen molar-refractivity contribution >= 4 is 37.8 Å². The number of aromatic nitrogens is 4. The smallest absolute Gasteiger partial charge is 0.320 e. The molecule has 1 aromatic carbocycles. The number of amides is 1. The van der Waals surface area contributed by atoms with E-state index >= 15 is 0 Å². The number of rotatable bonds is 6. The lowest BCUT2D eigenvalue weighted by molar-refractivity contribution is -0.121. The van der Waals surface area contributed by atoms with Crippen LogP contribution in [0.3, 0.4) is 0 Å². The second-order valence-electron chi connectivity index (χ2n) is 12.4. The Labute approximate surface area is 246 Å². The number of hydrogen-bond donors (Lipinski definition) is 2. The van der Waals surface area contributed by atoms with Crippen LogP contribution >= 0.6 is 9.35 Å². The first-order valence-electron chi connectivity index (χ1n) is 14.6. The zero-order valence-corrected chi connectivity index (χ0v) is 25.7. The van der Waals surface area contributed by atoms with E-state index in [0.29, 0.717) is 55.8 Å². The van der Waals surface area contributed by atoms with Crippen LogP contribution in [0.15, 0.2) is 41.8 Å². The summed E-state index contributed by atoms with van der Waals surface area (Å²) in [6.45, 7) is 9.15. The molecule has 2 aromatic heterocycles. The number of aromatic amines is 1. The number of fused-ring (bicyclic) bond motifs is 2. The number of thiol groups is 1. The van der Waals surface area contributed by atoms with Gasteiger partial charge in [-0.15, -0.1) is 0 Å². The lowest BCUT2D eigenvalue weighted by atomic mass is 9.96. The number of nitrogens with zero attached hydrogens (tertiary/aromatic N) is 7. The third kappa shape index (κ3) is 4.22. The van der Waals surface area contributed by atoms with E-state index in [1.54, 1.807) is 0 Å². The van der Waals surface area contributed by atoms with Gasteiger partial charge in [0.05, 0.1) is 23.6 Å². The van der Waals surface area contributed by atoms with Gasteiger partial charge in [0.15, 0.2) is 11.6 Å². The largest absolute Gasteiger partial charge is 0.484 e. The molecule has 42 heavy (non-hydrogen) atoms. The second-order valence-corrected chi connectivity index (χ2v) is 17.6. The quantitative estimate of drug-likeness (QED) is 0.328. The molecule has 3 aromatic rings. The molecule has 6 heterocycles. The molecule has 0 radical (unpaired) electrons. The lowest BCUT2D eigenvalue weighted by Gasteiger charge is -2.58. The Morgan fingerprint density at radius 3 is 2.76 bits per heavy atom. The molecule has 2 atom stereocenters. The summed E-state index contributed by atoms with van der Waals surface area (Å²) in [5, 5.41) is 12.9. The van der Waals surface area contributed by atoms with Gasteiger partial charge in [0.2, 0.25) is 5.75 Å². The van der Waals surface area contributed by atoms with Crippen LogP contribution in [0, 0.1) is 6.92 Å². The van der Waals surface area contributed by atoms with Crippen molar-refractivity contribution in [2.45, 2.75) is 31.8 Å². The van der Waals surface area contributed by atoms with Crippen LogP contribution in [-0.2, 0) is 4.79 Å². The highest BCUT2D eigenvalue weighted by Crippen LogP contribution is 2.83. The summed E-state index contributed by atoms with van der Waals surface area (Å²) in [4.78, 5) is 29.5. The van der Waals surface area contributed by atoms with Gasteiger partial charge in [-0.05, 0) is 73.7 Å². The van der Waals surface area contributed by atoms with Crippen LogP contribution in [-0.4, -0.2) is 100 Å². The van der Waals surface area contributed by atoms with Crippen molar-refractivity contribution < 1.29 is 14.3 Å². The van der Waals surface area contributed by atoms with Crippen LogP contribution in [0.1, 0.15) is 30.0 Å². The van der Waals surface area contributed by atoms with Gasteiger partial charge >= 0.3 is 6.01 Å². The van der Waals surface area contributed by atoms with E-state index in [2.05, 4.69) is 81.7 Å². The highest BCUT2D eigenvalue weighted by Gasteiger charge is 2.52. The van der Waals surface area contributed by atoms with Crippen molar-refractivity contribution in [1.82, 2.24) is 29.4 Å². The zero-order chi connectivity index (χ0) is 29.2. The molecule has 12 heteroatoms. The maximum Gasteiger partial charge on any atom is 0.320 e. The third-order valence-electron chi connectivity index (χ3n) is 9.62. The molecule has 1 spiro atoms. The van der Waals surface area contributed by atoms with Crippen molar-refractivity contribution in [3.63, 3.8) is 0 Å². The van der Waals surface area contributed by atoms with Crippen LogP contribution in [0.5, 0.6) is 11.8 Å². The first-order valence-corrected chi connectivity index (χ1v) is 17.6. The molecule has 1 N–H and O–H groups in total. The first kappa shape index (κ1) is 27.1. The topological polar surface area (TPSA) is 103 Å². The van der Waals surface area contributed by atoms with Gasteiger partial charge in [-0.25, -0.2) is 0 Å². The summed E-state index contributed by atoms with van der Waals surface area (Å²) >= 11 is 0. The number of H-pyrrole nitrogens is 1. The van der Waals surface area contributed by atoms with Crippen molar-refractivity contribution in [2.24, 2.45) is 0 Å². The van der Waals surface area contributed by atoms with E-state index in [1.165, 1.54) is 23.6 Å². The van der Waals surface area contributed by atoms with E-state index < -0.39 is 9.35 Å². The number of ether oxygens (including phenoxy) is 2. The summed E-state index contributed by atoms with van der Waals surface area (Å²) < 4.78 is 14.9. The number of hydrogen-bond acceptors (Lipinski definition) is 9. The molecule has 11 nitrogen and oxygen atoms in total. The van der Waals surface area contributed by atoms with Gasteiger partial charge in [-0.1, -0.05) is 12.6 Å². The third-order valence-corrected chi connectivity index (χ3v) is 14.1. The van der Waals surface area contributed by atoms with Crippen LogP contribution in [0.4, 0.5) is 11.6 Å². The Morgan fingerprint density at radius 2 is 2.02 bits per heavy atom. The highest BCUT2D eigenvalue weighted by atomic mass is 32.3. The first-order chi connectivity index (χ1) is 20.2. The minimum absolute atomic E-state index is 0.0168. The summed E-state index contributed by atoms with van der Waals surface area (Å²) in [7, 11) is 1.59. The number of anilines is 2. The van der Waals surface area contributed by atoms with Gasteiger partial charge in [0.1, 0.15) is 13.2 Å². The van der Waals surface area contributed by atoms with Crippen molar-refractivity contribution in [2.75, 3.05) is 68.9 Å². The minimum atomic E-state index is -2.62. The number of benzene rings is 1. The molecule has 1 amide bonds. The molecule has 0 aliphatic carbocycles. The predicted molar refractivity (Wildman–Crippen MR) is 169 cm³/mol. The van der Waals surface area contributed by atoms with Crippen LogP contribution in [0.25, 0.3) is 10.9 Å². The molecule has 4 aliphatic heterocycles. The summed E-state index contributed by atoms with van der Waals surface area (Å²) in [6, 6.07) is 4.81.